The molecule has 7 heteroatoms. The van der Waals surface area contributed by atoms with E-state index in [1.165, 1.54) is 18.2 Å². The Balaban J connectivity index is 1.40. The molecule has 2 aliphatic rings. The summed E-state index contributed by atoms with van der Waals surface area (Å²) in [7, 11) is 0. The van der Waals surface area contributed by atoms with Crippen LogP contribution in [0.2, 0.25) is 0 Å². The summed E-state index contributed by atoms with van der Waals surface area (Å²) < 4.78 is 46.9. The number of halogens is 3. The Hall–Kier alpha value is -2.35. The summed E-state index contributed by atoms with van der Waals surface area (Å²) in [4.78, 5) is 3.11. The van der Waals surface area contributed by atoms with Crippen LogP contribution in [0.4, 0.5) is 13.2 Å². The smallest absolute Gasteiger partial charge is 0.150 e. The van der Waals surface area contributed by atoms with E-state index in [1.54, 1.807) is 12.1 Å². The molecule has 5 rings (SSSR count). The highest BCUT2D eigenvalue weighted by Crippen LogP contribution is 2.48. The Morgan fingerprint density at radius 2 is 1.80 bits per heavy atom. The minimum Gasteiger partial charge on any atom is -0.380 e. The summed E-state index contributed by atoms with van der Waals surface area (Å²) in [5.74, 6) is -0.951. The van der Waals surface area contributed by atoms with Crippen LogP contribution in [0.15, 0.2) is 36.4 Å². The Morgan fingerprint density at radius 1 is 1.07 bits per heavy atom. The average molecular weight is 416 g/mol. The van der Waals surface area contributed by atoms with Gasteiger partial charge in [0.2, 0.25) is 0 Å². The van der Waals surface area contributed by atoms with Gasteiger partial charge in [0.15, 0.2) is 0 Å². The van der Waals surface area contributed by atoms with E-state index >= 15 is 0 Å². The summed E-state index contributed by atoms with van der Waals surface area (Å²) in [6.45, 7) is 1.84. The third kappa shape index (κ3) is 3.51. The van der Waals surface area contributed by atoms with E-state index < -0.39 is 17.9 Å². The molecule has 1 saturated carbocycles. The predicted molar refractivity (Wildman–Crippen MR) is 107 cm³/mol. The van der Waals surface area contributed by atoms with Gasteiger partial charge >= 0.3 is 0 Å². The molecule has 3 N–H and O–H groups in total. The second-order valence-corrected chi connectivity index (χ2v) is 8.42. The van der Waals surface area contributed by atoms with Crippen LogP contribution in [0, 0.1) is 29.3 Å². The van der Waals surface area contributed by atoms with E-state index in [2.05, 4.69) is 10.3 Å². The Kier molecular flexibility index (Phi) is 5.05. The first-order valence-corrected chi connectivity index (χ1v) is 10.3. The van der Waals surface area contributed by atoms with Crippen LogP contribution in [0.25, 0.3) is 22.2 Å². The molecular formula is C23H23F3N2O2. The van der Waals surface area contributed by atoms with E-state index in [-0.39, 0.29) is 23.2 Å². The second kappa shape index (κ2) is 7.72. The van der Waals surface area contributed by atoms with Crippen LogP contribution >= 0.6 is 0 Å². The lowest BCUT2D eigenvalue weighted by atomic mass is 9.70. The monoisotopic (exact) mass is 416 g/mol. The highest BCUT2D eigenvalue weighted by Gasteiger charge is 2.35. The lowest BCUT2D eigenvalue weighted by molar-refractivity contribution is -0.102. The lowest BCUT2D eigenvalue weighted by Gasteiger charge is -2.38. The van der Waals surface area contributed by atoms with Gasteiger partial charge in [0.1, 0.15) is 23.7 Å². The number of aliphatic hydroxyl groups is 1. The van der Waals surface area contributed by atoms with E-state index in [0.717, 1.165) is 30.0 Å². The van der Waals surface area contributed by atoms with Crippen molar-refractivity contribution >= 4 is 10.9 Å². The maximum absolute atomic E-state index is 14.4. The Morgan fingerprint density at radius 3 is 2.47 bits per heavy atom. The van der Waals surface area contributed by atoms with Gasteiger partial charge in [-0.25, -0.2) is 13.2 Å². The lowest BCUT2D eigenvalue weighted by Crippen LogP contribution is -2.48. The van der Waals surface area contributed by atoms with Gasteiger partial charge in [0.25, 0.3) is 0 Å². The first kappa shape index (κ1) is 19.6. The topological polar surface area (TPSA) is 57.3 Å². The summed E-state index contributed by atoms with van der Waals surface area (Å²) >= 11 is 0. The molecule has 0 radical (unpaired) electrons. The zero-order chi connectivity index (χ0) is 20.8. The van der Waals surface area contributed by atoms with Gasteiger partial charge in [0, 0.05) is 23.9 Å². The van der Waals surface area contributed by atoms with E-state index in [9.17, 15) is 18.3 Å². The maximum atomic E-state index is 14.4. The van der Waals surface area contributed by atoms with E-state index in [0.29, 0.717) is 36.8 Å². The molecule has 0 spiro atoms. The van der Waals surface area contributed by atoms with Crippen molar-refractivity contribution in [2.75, 3.05) is 19.8 Å². The molecule has 0 bridgehead atoms. The van der Waals surface area contributed by atoms with Crippen LogP contribution < -0.4 is 5.32 Å². The molecule has 3 aromatic rings. The minimum absolute atomic E-state index is 0.135. The summed E-state index contributed by atoms with van der Waals surface area (Å²) in [6.07, 6.45) is 1.13. The van der Waals surface area contributed by atoms with Crippen molar-refractivity contribution in [1.29, 1.82) is 0 Å². The first-order valence-electron chi connectivity index (χ1n) is 10.3. The number of rotatable bonds is 6. The summed E-state index contributed by atoms with van der Waals surface area (Å²) in [5, 5.41) is 13.8. The van der Waals surface area contributed by atoms with Crippen molar-refractivity contribution in [1.82, 2.24) is 10.3 Å². The van der Waals surface area contributed by atoms with Crippen molar-refractivity contribution in [2.24, 2.45) is 11.8 Å². The number of aromatic amines is 1. The molecular weight excluding hydrogens is 393 g/mol. The van der Waals surface area contributed by atoms with Gasteiger partial charge < -0.3 is 14.8 Å². The van der Waals surface area contributed by atoms with Gasteiger partial charge in [0.05, 0.1) is 24.4 Å². The van der Waals surface area contributed by atoms with Crippen molar-refractivity contribution in [3.05, 3.63) is 59.4 Å². The van der Waals surface area contributed by atoms with Gasteiger partial charge in [-0.05, 0) is 66.1 Å². The quantitative estimate of drug-likeness (QED) is 0.525. The molecule has 1 unspecified atom stereocenters. The number of hydrogen-bond acceptors (Lipinski definition) is 3. The zero-order valence-electron chi connectivity index (χ0n) is 16.3. The molecule has 1 aliphatic carbocycles. The van der Waals surface area contributed by atoms with Gasteiger partial charge in [-0.1, -0.05) is 0 Å². The molecule has 1 aliphatic heterocycles. The number of aliphatic hydroxyl groups excluding tert-OH is 1. The maximum Gasteiger partial charge on any atom is 0.150 e. The average Bonchev–Trinajstić information content (AvgIpc) is 2.99. The molecule has 4 nitrogen and oxygen atoms in total. The zero-order valence-corrected chi connectivity index (χ0v) is 16.3. The number of benzene rings is 2. The summed E-state index contributed by atoms with van der Waals surface area (Å²) in [5.41, 5.74) is 2.59. The molecule has 0 amide bonds. The fourth-order valence-electron chi connectivity index (χ4n) is 4.54. The van der Waals surface area contributed by atoms with Crippen molar-refractivity contribution < 1.29 is 23.0 Å². The first-order chi connectivity index (χ1) is 14.5. The van der Waals surface area contributed by atoms with Crippen LogP contribution in [-0.2, 0) is 4.74 Å². The van der Waals surface area contributed by atoms with Crippen molar-refractivity contribution in [3.63, 3.8) is 0 Å². The number of aromatic nitrogens is 1. The molecule has 2 aromatic carbocycles. The number of H-pyrrole nitrogens is 1. The van der Waals surface area contributed by atoms with Crippen LogP contribution in [0.3, 0.4) is 0 Å². The van der Waals surface area contributed by atoms with E-state index in [4.69, 9.17) is 4.74 Å². The molecule has 1 atom stereocenters. The fourth-order valence-corrected chi connectivity index (χ4v) is 4.54. The molecule has 158 valence electrons. The van der Waals surface area contributed by atoms with Crippen molar-refractivity contribution in [2.45, 2.75) is 25.0 Å². The minimum atomic E-state index is -0.636. The van der Waals surface area contributed by atoms with Crippen LogP contribution in [0.5, 0.6) is 0 Å². The van der Waals surface area contributed by atoms with Gasteiger partial charge in [-0.2, -0.15) is 0 Å². The van der Waals surface area contributed by atoms with Gasteiger partial charge in [-0.15, -0.1) is 0 Å². The normalized spacial score (nSPS) is 22.7. The number of nitrogens with one attached hydrogen (secondary N) is 2. The Bertz CT molecular complexity index is 1060. The largest absolute Gasteiger partial charge is 0.380 e. The third-order valence-electron chi connectivity index (χ3n) is 6.37. The SMILES string of the molecule is OC(NC[C@H]1C[C@H](c2c(-c3ccc(F)cc3)[nH]c3c(F)cc(F)cc32)C1)C1COC1. The van der Waals surface area contributed by atoms with E-state index in [1.807, 2.05) is 0 Å². The highest BCUT2D eigenvalue weighted by molar-refractivity contribution is 5.92. The Labute approximate surface area is 172 Å². The number of fused-ring (bicyclic) bond motifs is 1. The van der Waals surface area contributed by atoms with Crippen molar-refractivity contribution in [3.8, 4) is 11.3 Å². The third-order valence-corrected chi connectivity index (χ3v) is 6.37. The predicted octanol–water partition coefficient (Wildman–Crippen LogP) is 4.30. The number of ether oxygens (including phenoxy) is 1. The summed E-state index contributed by atoms with van der Waals surface area (Å²) in [6, 6.07) is 8.25. The van der Waals surface area contributed by atoms with Gasteiger partial charge in [-0.3, -0.25) is 5.32 Å². The molecule has 1 saturated heterocycles. The fraction of sp³-hybridized carbons (Fsp3) is 0.391. The highest BCUT2D eigenvalue weighted by atomic mass is 19.1. The molecule has 2 fully saturated rings. The second-order valence-electron chi connectivity index (χ2n) is 8.42. The number of hydrogen-bond donors (Lipinski definition) is 3. The molecule has 2 heterocycles. The molecule has 30 heavy (non-hydrogen) atoms. The standard InChI is InChI=1S/C23H23F3N2O2/c24-16-3-1-13(2-4-16)21-20(18-7-17(25)8-19(26)22(18)28-21)14-5-12(6-14)9-27-23(29)15-10-30-11-15/h1-4,7-8,12,14-15,23,27-29H,5-6,9-11H2/t12-,14-,23?. The van der Waals surface area contributed by atoms with Crippen LogP contribution in [0.1, 0.15) is 24.3 Å². The molecule has 1 aromatic heterocycles. The van der Waals surface area contributed by atoms with Crippen LogP contribution in [-0.4, -0.2) is 36.1 Å².